The van der Waals surface area contributed by atoms with Crippen LogP contribution in [0.4, 0.5) is 4.79 Å². The topological polar surface area (TPSA) is 106 Å². The van der Waals surface area contributed by atoms with Gasteiger partial charge in [-0.2, -0.15) is 0 Å². The van der Waals surface area contributed by atoms with E-state index >= 15 is 0 Å². The van der Waals surface area contributed by atoms with E-state index in [1.165, 1.54) is 6.92 Å². The summed E-state index contributed by atoms with van der Waals surface area (Å²) in [5, 5.41) is 8.63. The molecule has 194 valence electrons. The van der Waals surface area contributed by atoms with Crippen LogP contribution in [0.5, 0.6) is 0 Å². The fourth-order valence-corrected chi connectivity index (χ4v) is 4.44. The van der Waals surface area contributed by atoms with Gasteiger partial charge in [0.1, 0.15) is 18.4 Å². The molecule has 3 N–H and O–H groups in total. The van der Waals surface area contributed by atoms with Gasteiger partial charge in [-0.05, 0) is 68.0 Å². The molecular formula is C28H37N3O5. The van der Waals surface area contributed by atoms with Gasteiger partial charge in [-0.15, -0.1) is 0 Å². The Morgan fingerprint density at radius 3 is 2.19 bits per heavy atom. The molecule has 0 radical (unpaired) electrons. The third kappa shape index (κ3) is 7.90. The Balaban J connectivity index is 1.53. The molecule has 8 heteroatoms. The molecule has 36 heavy (non-hydrogen) atoms. The average Bonchev–Trinajstić information content (AvgIpc) is 3.20. The van der Waals surface area contributed by atoms with Gasteiger partial charge in [-0.3, -0.25) is 9.59 Å². The van der Waals surface area contributed by atoms with Crippen molar-refractivity contribution in [1.29, 1.82) is 0 Å². The highest BCUT2D eigenvalue weighted by Crippen LogP contribution is 2.44. The first-order valence-electron chi connectivity index (χ1n) is 12.6. The molecule has 0 fully saturated rings. The Bertz CT molecular complexity index is 980. The number of Topliss-reactive ketones (excluding diaryl/α,β-unsaturated/α-hetero) is 1. The zero-order valence-electron chi connectivity index (χ0n) is 21.2. The molecule has 1 unspecified atom stereocenters. The molecule has 2 aromatic rings. The lowest BCUT2D eigenvalue weighted by molar-refractivity contribution is -0.126. The Hall–Kier alpha value is -3.23. The largest absolute Gasteiger partial charge is 0.449 e. The summed E-state index contributed by atoms with van der Waals surface area (Å²) in [5.74, 6) is -0.602. The minimum absolute atomic E-state index is 0.0598. The average molecular weight is 496 g/mol. The molecule has 2 aromatic carbocycles. The minimum atomic E-state index is -0.782. The van der Waals surface area contributed by atoms with E-state index in [2.05, 4.69) is 40.2 Å². The van der Waals surface area contributed by atoms with E-state index in [0.29, 0.717) is 12.8 Å². The lowest BCUT2D eigenvalue weighted by atomic mass is 9.98. The molecule has 1 aliphatic rings. The zero-order chi connectivity index (χ0) is 25.8. The zero-order valence-corrected chi connectivity index (χ0v) is 21.2. The van der Waals surface area contributed by atoms with Crippen LogP contribution in [0.3, 0.4) is 0 Å². The number of benzene rings is 2. The fourth-order valence-electron chi connectivity index (χ4n) is 4.44. The van der Waals surface area contributed by atoms with E-state index < -0.39 is 12.1 Å². The van der Waals surface area contributed by atoms with E-state index in [1.54, 1.807) is 7.11 Å². The predicted molar refractivity (Wildman–Crippen MR) is 139 cm³/mol. The standard InChI is InChI=1S/C28H37N3O5/c1-20(32)18-30-27(33)26(14-9-16-29-15-7-8-17-35-2)31-28(34)36-19-25-23-12-5-3-10-21(23)22-11-4-6-13-24(22)25/h3-6,10-13,25-26,29H,7-9,14-19H2,1-2H3,(H,30,33)(H,31,34). The maximum Gasteiger partial charge on any atom is 0.407 e. The van der Waals surface area contributed by atoms with Crippen LogP contribution in [0.15, 0.2) is 48.5 Å². The number of rotatable bonds is 15. The molecule has 0 spiro atoms. The van der Waals surface area contributed by atoms with Crippen LogP contribution < -0.4 is 16.0 Å². The van der Waals surface area contributed by atoms with Gasteiger partial charge >= 0.3 is 6.09 Å². The van der Waals surface area contributed by atoms with Crippen molar-refractivity contribution >= 4 is 17.8 Å². The molecule has 3 rings (SSSR count). The van der Waals surface area contributed by atoms with Gasteiger partial charge in [0.15, 0.2) is 0 Å². The number of unbranched alkanes of at least 4 members (excludes halogenated alkanes) is 1. The van der Waals surface area contributed by atoms with Gasteiger partial charge < -0.3 is 25.4 Å². The van der Waals surface area contributed by atoms with Crippen molar-refractivity contribution in [3.8, 4) is 11.1 Å². The van der Waals surface area contributed by atoms with E-state index in [9.17, 15) is 14.4 Å². The van der Waals surface area contributed by atoms with Crippen LogP contribution in [0.25, 0.3) is 11.1 Å². The summed E-state index contributed by atoms with van der Waals surface area (Å²) in [7, 11) is 1.69. The third-order valence-electron chi connectivity index (χ3n) is 6.26. The van der Waals surface area contributed by atoms with Crippen LogP contribution in [0, 0.1) is 0 Å². The second kappa shape index (κ2) is 14.4. The number of methoxy groups -OCH3 is 1. The number of carbonyl (C=O) groups excluding carboxylic acids is 3. The molecule has 8 nitrogen and oxygen atoms in total. The van der Waals surface area contributed by atoms with E-state index in [0.717, 1.165) is 54.8 Å². The fraction of sp³-hybridized carbons (Fsp3) is 0.464. The second-order valence-electron chi connectivity index (χ2n) is 9.03. The van der Waals surface area contributed by atoms with Gasteiger partial charge in [-0.1, -0.05) is 48.5 Å². The summed E-state index contributed by atoms with van der Waals surface area (Å²) in [5.41, 5.74) is 4.55. The summed E-state index contributed by atoms with van der Waals surface area (Å²) in [6.07, 6.45) is 2.47. The number of alkyl carbamates (subject to hydrolysis) is 1. The van der Waals surface area contributed by atoms with Crippen LogP contribution in [-0.2, 0) is 19.1 Å². The normalized spacial score (nSPS) is 12.9. The van der Waals surface area contributed by atoms with Gasteiger partial charge in [0.05, 0.1) is 6.54 Å². The maximum absolute atomic E-state index is 12.7. The molecular weight excluding hydrogens is 458 g/mol. The van der Waals surface area contributed by atoms with Crippen molar-refractivity contribution in [3.63, 3.8) is 0 Å². The van der Waals surface area contributed by atoms with E-state index in [1.807, 2.05) is 24.3 Å². The summed E-state index contributed by atoms with van der Waals surface area (Å²) in [4.78, 5) is 36.7. The molecule has 2 amide bonds. The number of amides is 2. The van der Waals surface area contributed by atoms with Crippen LogP contribution >= 0.6 is 0 Å². The number of ether oxygens (including phenoxy) is 2. The number of ketones is 1. The highest BCUT2D eigenvalue weighted by Gasteiger charge is 2.29. The Morgan fingerprint density at radius 2 is 1.56 bits per heavy atom. The van der Waals surface area contributed by atoms with Gasteiger partial charge in [0.2, 0.25) is 5.91 Å². The van der Waals surface area contributed by atoms with Crippen LogP contribution in [-0.4, -0.2) is 63.8 Å². The number of nitrogens with one attached hydrogen (secondary N) is 3. The molecule has 0 bridgehead atoms. The first kappa shape index (κ1) is 27.4. The number of hydrogen-bond donors (Lipinski definition) is 3. The first-order chi connectivity index (χ1) is 17.5. The quantitative estimate of drug-likeness (QED) is 0.327. The predicted octanol–water partition coefficient (Wildman–Crippen LogP) is 3.40. The van der Waals surface area contributed by atoms with E-state index in [4.69, 9.17) is 9.47 Å². The molecule has 0 aliphatic heterocycles. The van der Waals surface area contributed by atoms with Crippen molar-refractivity contribution in [3.05, 3.63) is 59.7 Å². The highest BCUT2D eigenvalue weighted by molar-refractivity contribution is 5.89. The maximum atomic E-state index is 12.7. The molecule has 0 saturated carbocycles. The van der Waals surface area contributed by atoms with Gasteiger partial charge in [0, 0.05) is 19.6 Å². The van der Waals surface area contributed by atoms with Crippen molar-refractivity contribution in [2.24, 2.45) is 0 Å². The number of hydrogen-bond acceptors (Lipinski definition) is 6. The van der Waals surface area contributed by atoms with Gasteiger partial charge in [-0.25, -0.2) is 4.79 Å². The van der Waals surface area contributed by atoms with E-state index in [-0.39, 0.29) is 30.8 Å². The van der Waals surface area contributed by atoms with Crippen LogP contribution in [0.2, 0.25) is 0 Å². The van der Waals surface area contributed by atoms with Crippen molar-refractivity contribution in [1.82, 2.24) is 16.0 Å². The molecule has 0 aromatic heterocycles. The molecule has 1 atom stereocenters. The monoisotopic (exact) mass is 495 g/mol. The summed E-state index contributed by atoms with van der Waals surface area (Å²) >= 11 is 0. The highest BCUT2D eigenvalue weighted by atomic mass is 16.5. The summed E-state index contributed by atoms with van der Waals surface area (Å²) in [6.45, 7) is 3.83. The molecule has 0 heterocycles. The summed E-state index contributed by atoms with van der Waals surface area (Å²) in [6, 6.07) is 15.5. The lowest BCUT2D eigenvalue weighted by Crippen LogP contribution is -2.48. The van der Waals surface area contributed by atoms with Crippen molar-refractivity contribution in [2.75, 3.05) is 40.0 Å². The Labute approximate surface area is 213 Å². The Kier molecular flexibility index (Phi) is 10.9. The van der Waals surface area contributed by atoms with Crippen molar-refractivity contribution in [2.45, 2.75) is 44.6 Å². The lowest BCUT2D eigenvalue weighted by Gasteiger charge is -2.20. The summed E-state index contributed by atoms with van der Waals surface area (Å²) < 4.78 is 10.6. The first-order valence-corrected chi connectivity index (χ1v) is 12.6. The van der Waals surface area contributed by atoms with Crippen molar-refractivity contribution < 1.29 is 23.9 Å². The van der Waals surface area contributed by atoms with Gasteiger partial charge in [0.25, 0.3) is 0 Å². The smallest absolute Gasteiger partial charge is 0.407 e. The SMILES string of the molecule is COCCCCNCCCC(NC(=O)OCC1c2ccccc2-c2ccccc21)C(=O)NCC(C)=O. The molecule has 1 aliphatic carbocycles. The number of carbonyl (C=O) groups is 3. The molecule has 0 saturated heterocycles. The van der Waals surface area contributed by atoms with Crippen LogP contribution in [0.1, 0.15) is 49.7 Å². The minimum Gasteiger partial charge on any atom is -0.449 e. The second-order valence-corrected chi connectivity index (χ2v) is 9.03. The number of fused-ring (bicyclic) bond motifs is 3. The third-order valence-corrected chi connectivity index (χ3v) is 6.26. The Morgan fingerprint density at radius 1 is 0.917 bits per heavy atom.